The first kappa shape index (κ1) is 20.0. The van der Waals surface area contributed by atoms with Gasteiger partial charge in [-0.1, -0.05) is 18.5 Å². The lowest BCUT2D eigenvalue weighted by atomic mass is 10.2. The van der Waals surface area contributed by atoms with Gasteiger partial charge >= 0.3 is 0 Å². The number of hydrogen-bond acceptors (Lipinski definition) is 5. The van der Waals surface area contributed by atoms with E-state index in [1.54, 1.807) is 0 Å². The predicted molar refractivity (Wildman–Crippen MR) is 94.4 cm³/mol. The predicted octanol–water partition coefficient (Wildman–Crippen LogP) is 1.70. The Bertz CT molecular complexity index is 690. The molecule has 0 saturated carbocycles. The molecule has 1 aliphatic heterocycles. The first-order valence-electron chi connectivity index (χ1n) is 8.22. The molecule has 140 valence electrons. The smallest absolute Gasteiger partial charge is 0.258 e. The molecule has 2 N–H and O–H groups in total. The fraction of sp³-hybridized carbons (Fsp3) is 0.562. The molecule has 1 fully saturated rings. The minimum Gasteiger partial charge on any atom is -0.482 e. The number of halogens is 1. The summed E-state index contributed by atoms with van der Waals surface area (Å²) in [5.74, 6) is -0.0312. The Balaban J connectivity index is 1.86. The molecule has 1 heterocycles. The zero-order valence-electron chi connectivity index (χ0n) is 14.1. The van der Waals surface area contributed by atoms with Crippen LogP contribution in [-0.4, -0.2) is 46.7 Å². The van der Waals surface area contributed by atoms with Gasteiger partial charge in [-0.25, -0.2) is 13.1 Å². The van der Waals surface area contributed by atoms with Gasteiger partial charge in [0.1, 0.15) is 5.75 Å². The molecule has 1 aliphatic rings. The van der Waals surface area contributed by atoms with Crippen molar-refractivity contribution in [2.24, 2.45) is 0 Å². The number of amides is 1. The zero-order chi connectivity index (χ0) is 18.3. The van der Waals surface area contributed by atoms with Crippen LogP contribution in [0.3, 0.4) is 0 Å². The maximum Gasteiger partial charge on any atom is 0.258 e. The van der Waals surface area contributed by atoms with Crippen molar-refractivity contribution < 1.29 is 22.7 Å². The maximum atomic E-state index is 12.0. The van der Waals surface area contributed by atoms with Gasteiger partial charge in [-0.05, 0) is 37.5 Å². The minimum absolute atomic E-state index is 0.0566. The van der Waals surface area contributed by atoms with Crippen molar-refractivity contribution in [3.63, 3.8) is 0 Å². The molecule has 0 radical (unpaired) electrons. The Morgan fingerprint density at radius 1 is 1.44 bits per heavy atom. The van der Waals surface area contributed by atoms with Crippen molar-refractivity contribution in [2.75, 3.05) is 26.3 Å². The van der Waals surface area contributed by atoms with E-state index in [1.807, 2.05) is 6.92 Å². The third-order valence-electron chi connectivity index (χ3n) is 3.67. The van der Waals surface area contributed by atoms with E-state index in [4.69, 9.17) is 21.1 Å². The van der Waals surface area contributed by atoms with E-state index in [2.05, 4.69) is 10.0 Å². The lowest BCUT2D eigenvalue weighted by Crippen LogP contribution is -2.35. The van der Waals surface area contributed by atoms with Crippen molar-refractivity contribution >= 4 is 27.5 Å². The molecule has 1 aromatic carbocycles. The van der Waals surface area contributed by atoms with Gasteiger partial charge in [-0.3, -0.25) is 4.79 Å². The van der Waals surface area contributed by atoms with E-state index < -0.39 is 10.0 Å². The summed E-state index contributed by atoms with van der Waals surface area (Å²) in [6.45, 7) is 3.21. The summed E-state index contributed by atoms with van der Waals surface area (Å²) in [5.41, 5.74) is 0. The van der Waals surface area contributed by atoms with Gasteiger partial charge in [0.25, 0.3) is 5.91 Å². The van der Waals surface area contributed by atoms with Crippen molar-refractivity contribution in [2.45, 2.75) is 37.2 Å². The average Bonchev–Trinajstić information content (AvgIpc) is 3.10. The molecule has 1 amide bonds. The van der Waals surface area contributed by atoms with Gasteiger partial charge < -0.3 is 14.8 Å². The Labute approximate surface area is 153 Å². The summed E-state index contributed by atoms with van der Waals surface area (Å²) < 4.78 is 37.3. The van der Waals surface area contributed by atoms with E-state index in [1.165, 1.54) is 18.2 Å². The van der Waals surface area contributed by atoms with Crippen LogP contribution in [0.1, 0.15) is 26.2 Å². The van der Waals surface area contributed by atoms with Crippen LogP contribution in [0.2, 0.25) is 5.02 Å². The third-order valence-corrected chi connectivity index (χ3v) is 5.42. The van der Waals surface area contributed by atoms with Gasteiger partial charge in [-0.15, -0.1) is 0 Å². The van der Waals surface area contributed by atoms with Crippen LogP contribution < -0.4 is 14.8 Å². The molecule has 7 nitrogen and oxygen atoms in total. The number of nitrogens with one attached hydrogen (secondary N) is 2. The summed E-state index contributed by atoms with van der Waals surface area (Å²) in [7, 11) is -3.59. The molecule has 0 unspecified atom stereocenters. The molecule has 2 rings (SSSR count). The van der Waals surface area contributed by atoms with Crippen LogP contribution in [0, 0.1) is 0 Å². The van der Waals surface area contributed by atoms with Crippen LogP contribution in [0.25, 0.3) is 0 Å². The molecule has 0 aromatic heterocycles. The highest BCUT2D eigenvalue weighted by molar-refractivity contribution is 7.89. The number of sulfonamides is 1. The first-order valence-corrected chi connectivity index (χ1v) is 10.1. The molecular formula is C16H23ClN2O5S. The number of carbonyl (C=O) groups is 1. The summed E-state index contributed by atoms with van der Waals surface area (Å²) in [5, 5.41) is 2.87. The molecule has 25 heavy (non-hydrogen) atoms. The molecule has 0 bridgehead atoms. The second-order valence-corrected chi connectivity index (χ2v) is 7.89. The number of rotatable bonds is 9. The van der Waals surface area contributed by atoms with Crippen molar-refractivity contribution in [1.29, 1.82) is 0 Å². The Morgan fingerprint density at radius 2 is 2.24 bits per heavy atom. The fourth-order valence-corrected chi connectivity index (χ4v) is 3.77. The van der Waals surface area contributed by atoms with Gasteiger partial charge in [0.15, 0.2) is 6.61 Å². The van der Waals surface area contributed by atoms with Gasteiger partial charge in [-0.2, -0.15) is 0 Å². The van der Waals surface area contributed by atoms with E-state index in [-0.39, 0.29) is 34.3 Å². The highest BCUT2D eigenvalue weighted by Gasteiger charge is 2.17. The molecule has 9 heteroatoms. The fourth-order valence-electron chi connectivity index (χ4n) is 2.31. The second kappa shape index (κ2) is 9.38. The van der Waals surface area contributed by atoms with Crippen LogP contribution in [0.5, 0.6) is 5.75 Å². The minimum atomic E-state index is -3.59. The van der Waals surface area contributed by atoms with E-state index in [0.717, 1.165) is 19.4 Å². The highest BCUT2D eigenvalue weighted by atomic mass is 35.5. The van der Waals surface area contributed by atoms with E-state index in [9.17, 15) is 13.2 Å². The monoisotopic (exact) mass is 390 g/mol. The first-order chi connectivity index (χ1) is 11.9. The maximum absolute atomic E-state index is 12.0. The third kappa shape index (κ3) is 6.14. The summed E-state index contributed by atoms with van der Waals surface area (Å²) in [4.78, 5) is 11.8. The van der Waals surface area contributed by atoms with E-state index in [0.29, 0.717) is 19.5 Å². The number of ether oxygens (including phenoxy) is 2. The summed E-state index contributed by atoms with van der Waals surface area (Å²) >= 11 is 6.06. The normalized spacial score (nSPS) is 17.4. The topological polar surface area (TPSA) is 93.7 Å². The molecule has 0 aliphatic carbocycles. The lowest BCUT2D eigenvalue weighted by Gasteiger charge is -2.12. The van der Waals surface area contributed by atoms with Crippen LogP contribution >= 0.6 is 11.6 Å². The Morgan fingerprint density at radius 3 is 2.88 bits per heavy atom. The van der Waals surface area contributed by atoms with Crippen molar-refractivity contribution in [3.8, 4) is 5.75 Å². The summed E-state index contributed by atoms with van der Waals surface area (Å²) in [6.07, 6.45) is 2.70. The van der Waals surface area contributed by atoms with Crippen molar-refractivity contribution in [3.05, 3.63) is 23.2 Å². The summed E-state index contributed by atoms with van der Waals surface area (Å²) in [6, 6.07) is 4.14. The molecular weight excluding hydrogens is 368 g/mol. The molecule has 1 atom stereocenters. The standard InChI is InChI=1S/C16H23ClN2O5S/c1-2-7-19-25(21,22)13-5-6-15(14(17)9-13)24-11-16(20)18-10-12-4-3-8-23-12/h5-6,9,12,19H,2-4,7-8,10-11H2,1H3,(H,18,20)/t12-/m1/s1. The SMILES string of the molecule is CCCNS(=O)(=O)c1ccc(OCC(=O)NC[C@H]2CCCO2)c(Cl)c1. The molecule has 1 aromatic rings. The number of hydrogen-bond donors (Lipinski definition) is 2. The van der Waals surface area contributed by atoms with Gasteiger partial charge in [0.2, 0.25) is 10.0 Å². The van der Waals surface area contributed by atoms with Gasteiger partial charge in [0.05, 0.1) is 16.0 Å². The Hall–Kier alpha value is -1.35. The molecule has 0 spiro atoms. The Kier molecular flexibility index (Phi) is 7.49. The number of benzene rings is 1. The zero-order valence-corrected chi connectivity index (χ0v) is 15.7. The largest absolute Gasteiger partial charge is 0.482 e. The van der Waals surface area contributed by atoms with Crippen LogP contribution in [0.15, 0.2) is 23.1 Å². The van der Waals surface area contributed by atoms with Crippen LogP contribution in [-0.2, 0) is 19.6 Å². The lowest BCUT2D eigenvalue weighted by molar-refractivity contribution is -0.123. The highest BCUT2D eigenvalue weighted by Crippen LogP contribution is 2.27. The van der Waals surface area contributed by atoms with Gasteiger partial charge in [0, 0.05) is 19.7 Å². The molecule has 1 saturated heterocycles. The quantitative estimate of drug-likeness (QED) is 0.669. The number of carbonyl (C=O) groups excluding carboxylic acids is 1. The van der Waals surface area contributed by atoms with Crippen molar-refractivity contribution in [1.82, 2.24) is 10.0 Å². The van der Waals surface area contributed by atoms with Crippen LogP contribution in [0.4, 0.5) is 0 Å². The average molecular weight is 391 g/mol. The van der Waals surface area contributed by atoms with E-state index >= 15 is 0 Å². The second-order valence-electron chi connectivity index (χ2n) is 5.72.